The van der Waals surface area contributed by atoms with Crippen molar-refractivity contribution in [2.45, 2.75) is 12.5 Å². The molecule has 20 heavy (non-hydrogen) atoms. The second-order valence-electron chi connectivity index (χ2n) is 4.60. The Hall–Kier alpha value is -1.39. The predicted octanol–water partition coefficient (Wildman–Crippen LogP) is 4.10. The van der Waals surface area contributed by atoms with E-state index in [-0.39, 0.29) is 11.9 Å². The van der Waals surface area contributed by atoms with Gasteiger partial charge in [-0.15, -0.1) is 0 Å². The fourth-order valence-electron chi connectivity index (χ4n) is 2.19. The summed E-state index contributed by atoms with van der Waals surface area (Å²) in [4.78, 5) is 0. The summed E-state index contributed by atoms with van der Waals surface area (Å²) in [6.45, 7) is 0. The van der Waals surface area contributed by atoms with E-state index in [1.54, 1.807) is 13.2 Å². The molecule has 0 aliphatic heterocycles. The van der Waals surface area contributed by atoms with Gasteiger partial charge < -0.3 is 10.1 Å². The second-order valence-corrected chi connectivity index (χ2v) is 5.51. The van der Waals surface area contributed by atoms with Gasteiger partial charge in [0, 0.05) is 10.5 Å². The Kier molecular flexibility index (Phi) is 5.15. The van der Waals surface area contributed by atoms with Crippen molar-refractivity contribution in [3.8, 4) is 5.75 Å². The van der Waals surface area contributed by atoms with E-state index in [0.29, 0.717) is 0 Å². The zero-order chi connectivity index (χ0) is 14.5. The number of hydrogen-bond acceptors (Lipinski definition) is 2. The number of rotatable bonds is 5. The maximum absolute atomic E-state index is 13.4. The molecule has 2 nitrogen and oxygen atoms in total. The predicted molar refractivity (Wildman–Crippen MR) is 82.6 cm³/mol. The summed E-state index contributed by atoms with van der Waals surface area (Å²) >= 11 is 3.32. The third-order valence-corrected chi connectivity index (χ3v) is 3.69. The van der Waals surface area contributed by atoms with Crippen molar-refractivity contribution in [3.05, 3.63) is 63.9 Å². The average Bonchev–Trinajstić information content (AvgIpc) is 2.44. The molecule has 0 aliphatic carbocycles. The minimum absolute atomic E-state index is 0.134. The van der Waals surface area contributed by atoms with Crippen molar-refractivity contribution in [2.75, 3.05) is 14.2 Å². The van der Waals surface area contributed by atoms with Crippen molar-refractivity contribution in [1.82, 2.24) is 5.32 Å². The summed E-state index contributed by atoms with van der Waals surface area (Å²) in [6.07, 6.45) is 0.721. The van der Waals surface area contributed by atoms with Crippen molar-refractivity contribution < 1.29 is 9.13 Å². The molecule has 0 aromatic heterocycles. The first kappa shape index (κ1) is 15.0. The van der Waals surface area contributed by atoms with Crippen LogP contribution < -0.4 is 10.1 Å². The van der Waals surface area contributed by atoms with E-state index in [4.69, 9.17) is 4.74 Å². The molecule has 0 amide bonds. The lowest BCUT2D eigenvalue weighted by atomic mass is 9.99. The molecule has 4 heteroatoms. The largest absolute Gasteiger partial charge is 0.497 e. The molecule has 0 heterocycles. The Morgan fingerprint density at radius 1 is 1.20 bits per heavy atom. The van der Waals surface area contributed by atoms with Gasteiger partial charge in [0.05, 0.1) is 7.11 Å². The second kappa shape index (κ2) is 6.86. The first-order chi connectivity index (χ1) is 9.62. The molecule has 1 atom stereocenters. The maximum atomic E-state index is 13.4. The van der Waals surface area contributed by atoms with Gasteiger partial charge in [0.1, 0.15) is 11.6 Å². The highest BCUT2D eigenvalue weighted by molar-refractivity contribution is 9.10. The Morgan fingerprint density at radius 2 is 1.90 bits per heavy atom. The quantitative estimate of drug-likeness (QED) is 0.886. The molecule has 0 fully saturated rings. The van der Waals surface area contributed by atoms with E-state index >= 15 is 0 Å². The molecule has 106 valence electrons. The lowest BCUT2D eigenvalue weighted by Gasteiger charge is -2.17. The van der Waals surface area contributed by atoms with Crippen LogP contribution in [0.3, 0.4) is 0 Å². The first-order valence-electron chi connectivity index (χ1n) is 6.38. The number of methoxy groups -OCH3 is 1. The van der Waals surface area contributed by atoms with E-state index in [1.165, 1.54) is 6.07 Å². The average molecular weight is 338 g/mol. The summed E-state index contributed by atoms with van der Waals surface area (Å²) in [6, 6.07) is 13.0. The summed E-state index contributed by atoms with van der Waals surface area (Å²) in [5.74, 6) is 0.607. The molecule has 1 N–H and O–H groups in total. The van der Waals surface area contributed by atoms with Gasteiger partial charge in [0.15, 0.2) is 0 Å². The summed E-state index contributed by atoms with van der Waals surface area (Å²) < 4.78 is 19.3. The van der Waals surface area contributed by atoms with Gasteiger partial charge >= 0.3 is 0 Å². The fourth-order valence-corrected chi connectivity index (χ4v) is 2.70. The number of likely N-dealkylation sites (N-methyl/N-ethyl adjacent to an activating group) is 1. The van der Waals surface area contributed by atoms with Crippen LogP contribution in [0, 0.1) is 5.82 Å². The number of halogens is 2. The van der Waals surface area contributed by atoms with Crippen molar-refractivity contribution in [1.29, 1.82) is 0 Å². The highest BCUT2D eigenvalue weighted by atomic mass is 79.9. The smallest absolute Gasteiger partial charge is 0.124 e. The zero-order valence-corrected chi connectivity index (χ0v) is 13.1. The SMILES string of the molecule is CNC(Cc1cc(F)cc(Br)c1)c1ccc(OC)cc1. The Bertz CT molecular complexity index is 551. The van der Waals surface area contributed by atoms with E-state index in [1.807, 2.05) is 37.4 Å². The van der Waals surface area contributed by atoms with Crippen molar-refractivity contribution >= 4 is 15.9 Å². The zero-order valence-electron chi connectivity index (χ0n) is 11.5. The van der Waals surface area contributed by atoms with Crippen LogP contribution in [0.4, 0.5) is 4.39 Å². The molecule has 0 radical (unpaired) electrons. The molecule has 1 unspecified atom stereocenters. The molecular formula is C16H17BrFNO. The Morgan fingerprint density at radius 3 is 2.45 bits per heavy atom. The van der Waals surface area contributed by atoms with Crippen LogP contribution in [0.5, 0.6) is 5.75 Å². The van der Waals surface area contributed by atoms with Gasteiger partial charge in [-0.25, -0.2) is 4.39 Å². The molecular weight excluding hydrogens is 321 g/mol. The van der Waals surface area contributed by atoms with E-state index in [0.717, 1.165) is 27.8 Å². The lowest BCUT2D eigenvalue weighted by Crippen LogP contribution is -2.18. The lowest BCUT2D eigenvalue weighted by molar-refractivity contribution is 0.414. The summed E-state index contributed by atoms with van der Waals surface area (Å²) in [5, 5.41) is 3.26. The standard InChI is InChI=1S/C16H17BrFNO/c1-19-16(12-3-5-15(20-2)6-4-12)9-11-7-13(17)10-14(18)8-11/h3-8,10,16,19H,9H2,1-2H3. The summed E-state index contributed by atoms with van der Waals surface area (Å²) in [5.41, 5.74) is 2.10. The fraction of sp³-hybridized carbons (Fsp3) is 0.250. The molecule has 2 aromatic carbocycles. The van der Waals surface area contributed by atoms with Gasteiger partial charge in [-0.3, -0.25) is 0 Å². The van der Waals surface area contributed by atoms with Gasteiger partial charge in [-0.05, 0) is 54.9 Å². The summed E-state index contributed by atoms with van der Waals surface area (Å²) in [7, 11) is 3.55. The minimum Gasteiger partial charge on any atom is -0.497 e. The van der Waals surface area contributed by atoms with Crippen LogP contribution in [-0.2, 0) is 6.42 Å². The normalized spacial score (nSPS) is 12.2. The molecule has 0 spiro atoms. The van der Waals surface area contributed by atoms with Gasteiger partial charge in [-0.2, -0.15) is 0 Å². The van der Waals surface area contributed by atoms with Crippen molar-refractivity contribution in [2.24, 2.45) is 0 Å². The molecule has 0 aliphatic rings. The van der Waals surface area contributed by atoms with E-state index in [2.05, 4.69) is 21.2 Å². The molecule has 0 bridgehead atoms. The van der Waals surface area contributed by atoms with Crippen LogP contribution in [0.25, 0.3) is 0 Å². The van der Waals surface area contributed by atoms with Crippen molar-refractivity contribution in [3.63, 3.8) is 0 Å². The van der Waals surface area contributed by atoms with Crippen LogP contribution in [0.2, 0.25) is 0 Å². The minimum atomic E-state index is -0.223. The number of hydrogen-bond donors (Lipinski definition) is 1. The van der Waals surface area contributed by atoms with Gasteiger partial charge in [0.2, 0.25) is 0 Å². The highest BCUT2D eigenvalue weighted by Gasteiger charge is 2.11. The molecule has 2 aromatic rings. The van der Waals surface area contributed by atoms with E-state index < -0.39 is 0 Å². The third-order valence-electron chi connectivity index (χ3n) is 3.23. The highest BCUT2D eigenvalue weighted by Crippen LogP contribution is 2.23. The Balaban J connectivity index is 2.19. The monoisotopic (exact) mass is 337 g/mol. The molecule has 0 saturated heterocycles. The van der Waals surface area contributed by atoms with E-state index in [9.17, 15) is 4.39 Å². The number of benzene rings is 2. The van der Waals surface area contributed by atoms with Crippen LogP contribution in [0.15, 0.2) is 46.9 Å². The van der Waals surface area contributed by atoms with Crippen LogP contribution >= 0.6 is 15.9 Å². The van der Waals surface area contributed by atoms with Crippen LogP contribution in [0.1, 0.15) is 17.2 Å². The molecule has 0 saturated carbocycles. The van der Waals surface area contributed by atoms with Crippen LogP contribution in [-0.4, -0.2) is 14.2 Å². The topological polar surface area (TPSA) is 21.3 Å². The number of ether oxygens (including phenoxy) is 1. The maximum Gasteiger partial charge on any atom is 0.124 e. The first-order valence-corrected chi connectivity index (χ1v) is 7.18. The molecule has 2 rings (SSSR count). The number of nitrogens with one attached hydrogen (secondary N) is 1. The third kappa shape index (κ3) is 3.81. The Labute approximate surface area is 127 Å². The van der Waals surface area contributed by atoms with Gasteiger partial charge in [-0.1, -0.05) is 28.1 Å². The van der Waals surface area contributed by atoms with Gasteiger partial charge in [0.25, 0.3) is 0 Å².